The van der Waals surface area contributed by atoms with Crippen LogP contribution in [0.1, 0.15) is 19.5 Å². The molecule has 0 saturated carbocycles. The van der Waals surface area contributed by atoms with Gasteiger partial charge in [-0.3, -0.25) is 0 Å². The van der Waals surface area contributed by atoms with Gasteiger partial charge in [-0.15, -0.1) is 0 Å². The Morgan fingerprint density at radius 1 is 0.556 bits per heavy atom. The van der Waals surface area contributed by atoms with Gasteiger partial charge in [-0.2, -0.15) is 4.57 Å². The molecule has 0 aromatic heterocycles. The summed E-state index contributed by atoms with van der Waals surface area (Å²) in [6, 6.07) is 21.6. The molecule has 3 aromatic rings. The van der Waals surface area contributed by atoms with Crippen molar-refractivity contribution in [2.24, 2.45) is 0 Å². The normalized spacial score (nSPS) is 10.6. The first-order valence-electron chi connectivity index (χ1n) is 8.31. The SMILES string of the molecule is Cc1ccc(OP(=O)(Oc2ccc(C)cc2)Oc2ccc(C)cc2)cc1.[H-].[H-].[Sr+2]. The molecule has 0 unspecified atom stereocenters. The van der Waals surface area contributed by atoms with Crippen LogP contribution in [-0.4, -0.2) is 45.5 Å². The maximum atomic E-state index is 13.3. The van der Waals surface area contributed by atoms with Crippen molar-refractivity contribution < 1.29 is 21.0 Å². The number of phosphoric ester groups is 1. The van der Waals surface area contributed by atoms with Gasteiger partial charge in [0.2, 0.25) is 0 Å². The Morgan fingerprint density at radius 3 is 1.00 bits per heavy atom. The van der Waals surface area contributed by atoms with E-state index >= 15 is 0 Å². The molecule has 0 saturated heterocycles. The number of phosphoric acid groups is 1. The van der Waals surface area contributed by atoms with E-state index in [2.05, 4.69) is 0 Å². The second-order valence-electron chi connectivity index (χ2n) is 6.16. The number of benzene rings is 3. The largest absolute Gasteiger partial charge is 2.00 e. The summed E-state index contributed by atoms with van der Waals surface area (Å²) in [6.07, 6.45) is 0. The van der Waals surface area contributed by atoms with E-state index in [1.807, 2.05) is 57.2 Å². The molecule has 4 nitrogen and oxygen atoms in total. The average molecular weight is 458 g/mol. The Balaban J connectivity index is 0.00000261. The molecule has 0 aliphatic heterocycles. The Bertz CT molecular complexity index is 794. The summed E-state index contributed by atoms with van der Waals surface area (Å²) in [6.45, 7) is 5.90. The standard InChI is InChI=1S/C21H21O4P.Sr.2H/c1-16-4-10-19(11-5-16)23-26(22,24-20-12-6-17(2)7-13-20)25-21-14-8-18(3)9-15-21;;;/h4-15H,1-3H3;;;/q;+2;2*-1. The summed E-state index contributed by atoms with van der Waals surface area (Å²) in [5.41, 5.74) is 3.23. The molecule has 138 valence electrons. The van der Waals surface area contributed by atoms with Crippen molar-refractivity contribution in [1.82, 2.24) is 0 Å². The Hall–Kier alpha value is -1.23. The molecule has 0 N–H and O–H groups in total. The van der Waals surface area contributed by atoms with Gasteiger partial charge in [0, 0.05) is 0 Å². The fourth-order valence-electron chi connectivity index (χ4n) is 2.24. The van der Waals surface area contributed by atoms with Crippen molar-refractivity contribution >= 4 is 53.3 Å². The molecule has 3 aromatic carbocycles. The number of hydrogen-bond donors (Lipinski definition) is 0. The van der Waals surface area contributed by atoms with E-state index in [0.717, 1.165) is 16.7 Å². The third kappa shape index (κ3) is 6.70. The van der Waals surface area contributed by atoms with Crippen LogP contribution in [0, 0.1) is 20.8 Å². The fraction of sp³-hybridized carbons (Fsp3) is 0.143. The van der Waals surface area contributed by atoms with E-state index in [1.165, 1.54) is 0 Å². The first-order valence-corrected chi connectivity index (χ1v) is 9.77. The zero-order valence-electron chi connectivity index (χ0n) is 17.7. The molecular weight excluding hydrogens is 435 g/mol. The van der Waals surface area contributed by atoms with E-state index < -0.39 is 7.82 Å². The van der Waals surface area contributed by atoms with Gasteiger partial charge in [0.15, 0.2) is 0 Å². The zero-order valence-corrected chi connectivity index (χ0v) is 20.1. The maximum Gasteiger partial charge on any atom is 2.00 e. The molecule has 0 radical (unpaired) electrons. The molecule has 6 heteroatoms. The van der Waals surface area contributed by atoms with E-state index in [4.69, 9.17) is 13.6 Å². The van der Waals surface area contributed by atoms with Gasteiger partial charge >= 0.3 is 53.3 Å². The van der Waals surface area contributed by atoms with Crippen LogP contribution < -0.4 is 13.6 Å². The average Bonchev–Trinajstić information content (AvgIpc) is 2.61. The van der Waals surface area contributed by atoms with Crippen molar-refractivity contribution in [2.75, 3.05) is 0 Å². The van der Waals surface area contributed by atoms with Gasteiger partial charge < -0.3 is 16.4 Å². The minimum absolute atomic E-state index is 0. The number of aryl methyl sites for hydroxylation is 3. The van der Waals surface area contributed by atoms with Gasteiger partial charge in [-0.25, -0.2) is 0 Å². The van der Waals surface area contributed by atoms with Crippen LogP contribution in [0.2, 0.25) is 0 Å². The summed E-state index contributed by atoms with van der Waals surface area (Å²) in [5, 5.41) is 0. The van der Waals surface area contributed by atoms with Gasteiger partial charge in [0.05, 0.1) is 0 Å². The van der Waals surface area contributed by atoms with Gasteiger partial charge in [0.25, 0.3) is 0 Å². The summed E-state index contributed by atoms with van der Waals surface area (Å²) in [5.74, 6) is 1.24. The smallest absolute Gasteiger partial charge is 1.00 e. The first-order chi connectivity index (χ1) is 12.4. The minimum atomic E-state index is -3.93. The van der Waals surface area contributed by atoms with Crippen LogP contribution in [0.4, 0.5) is 0 Å². The number of rotatable bonds is 6. The third-order valence-electron chi connectivity index (χ3n) is 3.71. The van der Waals surface area contributed by atoms with Crippen LogP contribution in [0.3, 0.4) is 0 Å². The molecule has 0 heterocycles. The monoisotopic (exact) mass is 458 g/mol. The maximum absolute atomic E-state index is 13.3. The molecule has 27 heavy (non-hydrogen) atoms. The Labute approximate surface area is 200 Å². The second kappa shape index (κ2) is 9.81. The summed E-state index contributed by atoms with van der Waals surface area (Å²) < 4.78 is 30.2. The van der Waals surface area contributed by atoms with Gasteiger partial charge in [-0.1, -0.05) is 53.1 Å². The summed E-state index contributed by atoms with van der Waals surface area (Å²) >= 11 is 0. The van der Waals surface area contributed by atoms with Crippen LogP contribution in [0.5, 0.6) is 17.2 Å². The topological polar surface area (TPSA) is 44.8 Å². The van der Waals surface area contributed by atoms with Crippen LogP contribution in [0.15, 0.2) is 72.8 Å². The zero-order chi connectivity index (χ0) is 18.6. The van der Waals surface area contributed by atoms with Crippen molar-refractivity contribution in [3.8, 4) is 17.2 Å². The number of hydrogen-bond acceptors (Lipinski definition) is 4. The second-order valence-corrected chi connectivity index (χ2v) is 7.60. The molecule has 0 amide bonds. The third-order valence-corrected chi connectivity index (χ3v) is 5.02. The van der Waals surface area contributed by atoms with E-state index in [-0.39, 0.29) is 48.3 Å². The summed E-state index contributed by atoms with van der Waals surface area (Å²) in [7, 11) is -3.93. The van der Waals surface area contributed by atoms with Crippen molar-refractivity contribution in [1.29, 1.82) is 0 Å². The fourth-order valence-corrected chi connectivity index (χ4v) is 3.49. The predicted molar refractivity (Wildman–Crippen MR) is 111 cm³/mol. The van der Waals surface area contributed by atoms with Crippen molar-refractivity contribution in [3.63, 3.8) is 0 Å². The molecular formula is C21H23O4PSr. The first kappa shape index (κ1) is 22.1. The van der Waals surface area contributed by atoms with Crippen molar-refractivity contribution in [3.05, 3.63) is 89.5 Å². The van der Waals surface area contributed by atoms with Crippen LogP contribution in [0.25, 0.3) is 0 Å². The molecule has 0 bridgehead atoms. The Morgan fingerprint density at radius 2 is 0.778 bits per heavy atom. The van der Waals surface area contributed by atoms with Crippen LogP contribution >= 0.6 is 7.82 Å². The van der Waals surface area contributed by atoms with Crippen LogP contribution in [-0.2, 0) is 4.57 Å². The molecule has 0 atom stereocenters. The van der Waals surface area contributed by atoms with Gasteiger partial charge in [0.1, 0.15) is 17.2 Å². The molecule has 0 spiro atoms. The quantitative estimate of drug-likeness (QED) is 0.331. The van der Waals surface area contributed by atoms with E-state index in [0.29, 0.717) is 17.2 Å². The van der Waals surface area contributed by atoms with Crippen molar-refractivity contribution in [2.45, 2.75) is 20.8 Å². The molecule has 0 aliphatic rings. The Kier molecular flexibility index (Phi) is 8.02. The molecule has 0 aliphatic carbocycles. The van der Waals surface area contributed by atoms with Gasteiger partial charge in [-0.05, 0) is 57.2 Å². The molecule has 0 fully saturated rings. The predicted octanol–water partition coefficient (Wildman–Crippen LogP) is 6.10. The van der Waals surface area contributed by atoms with E-state index in [1.54, 1.807) is 36.4 Å². The van der Waals surface area contributed by atoms with E-state index in [9.17, 15) is 4.57 Å². The summed E-state index contributed by atoms with van der Waals surface area (Å²) in [4.78, 5) is 0. The minimum Gasteiger partial charge on any atom is -1.00 e. The molecule has 3 rings (SSSR count).